The molecule has 0 saturated heterocycles. The van der Waals surface area contributed by atoms with Crippen molar-refractivity contribution in [3.05, 3.63) is 69.2 Å². The Morgan fingerprint density at radius 3 is 2.88 bits per heavy atom. The van der Waals surface area contributed by atoms with Gasteiger partial charge in [-0.2, -0.15) is 0 Å². The van der Waals surface area contributed by atoms with Crippen LogP contribution in [0.1, 0.15) is 29.3 Å². The molecule has 32 heavy (non-hydrogen) atoms. The van der Waals surface area contributed by atoms with Crippen molar-refractivity contribution in [3.63, 3.8) is 0 Å². The number of hydrogen-bond acceptors (Lipinski definition) is 6. The molecule has 2 heterocycles. The van der Waals surface area contributed by atoms with Gasteiger partial charge in [-0.1, -0.05) is 23.7 Å². The average molecular weight is 471 g/mol. The van der Waals surface area contributed by atoms with E-state index < -0.39 is 5.92 Å². The normalized spacial score (nSPS) is 14.9. The summed E-state index contributed by atoms with van der Waals surface area (Å²) in [5.74, 6) is -0.127. The van der Waals surface area contributed by atoms with Gasteiger partial charge >= 0.3 is 5.97 Å². The van der Waals surface area contributed by atoms with E-state index in [4.69, 9.17) is 21.1 Å². The Morgan fingerprint density at radius 2 is 2.09 bits per heavy atom. The third kappa shape index (κ3) is 4.64. The van der Waals surface area contributed by atoms with Crippen LogP contribution in [0.3, 0.4) is 0 Å². The summed E-state index contributed by atoms with van der Waals surface area (Å²) in [6.45, 7) is 5.79. The van der Waals surface area contributed by atoms with Gasteiger partial charge in [-0.3, -0.25) is 14.5 Å². The van der Waals surface area contributed by atoms with Crippen molar-refractivity contribution >= 4 is 45.6 Å². The molecule has 0 radical (unpaired) electrons. The fourth-order valence-corrected chi connectivity index (χ4v) is 4.69. The molecule has 4 rings (SSSR count). The SMILES string of the molecule is CC(=O)N(c1nc(COC(=O)C2COc3ccc(Cl)cc3C2)cs1)c1cccc(C)c1C. The Balaban J connectivity index is 1.43. The largest absolute Gasteiger partial charge is 0.492 e. The Morgan fingerprint density at radius 1 is 1.28 bits per heavy atom. The first-order chi connectivity index (χ1) is 15.3. The van der Waals surface area contributed by atoms with Gasteiger partial charge in [-0.15, -0.1) is 11.3 Å². The first-order valence-electron chi connectivity index (χ1n) is 10.2. The van der Waals surface area contributed by atoms with Gasteiger partial charge in [0.25, 0.3) is 0 Å². The summed E-state index contributed by atoms with van der Waals surface area (Å²) < 4.78 is 11.2. The maximum atomic E-state index is 12.6. The van der Waals surface area contributed by atoms with Crippen molar-refractivity contribution in [2.75, 3.05) is 11.5 Å². The molecule has 1 aliphatic rings. The molecular weight excluding hydrogens is 448 g/mol. The number of amides is 1. The summed E-state index contributed by atoms with van der Waals surface area (Å²) in [6.07, 6.45) is 0.516. The minimum absolute atomic E-state index is 0.0345. The number of nitrogens with zero attached hydrogens (tertiary/aromatic N) is 2. The number of esters is 1. The Kier molecular flexibility index (Phi) is 6.48. The average Bonchev–Trinajstić information content (AvgIpc) is 3.22. The van der Waals surface area contributed by atoms with E-state index in [0.717, 1.165) is 28.1 Å². The topological polar surface area (TPSA) is 68.7 Å². The van der Waals surface area contributed by atoms with Gasteiger partial charge in [0, 0.05) is 17.3 Å². The highest BCUT2D eigenvalue weighted by Gasteiger charge is 2.28. The van der Waals surface area contributed by atoms with E-state index >= 15 is 0 Å². The van der Waals surface area contributed by atoms with Crippen molar-refractivity contribution in [2.24, 2.45) is 5.92 Å². The maximum absolute atomic E-state index is 12.6. The molecule has 0 fully saturated rings. The third-order valence-electron chi connectivity index (χ3n) is 5.49. The van der Waals surface area contributed by atoms with Crippen LogP contribution in [0, 0.1) is 19.8 Å². The standard InChI is InChI=1S/C24H23ClN2O4S/c1-14-5-4-6-21(15(14)2)27(16(3)28)24-26-20(13-32-24)12-31-23(29)18-9-17-10-19(25)7-8-22(17)30-11-18/h4-8,10,13,18H,9,11-12H2,1-3H3. The number of carbonyl (C=O) groups is 2. The van der Waals surface area contributed by atoms with E-state index in [1.165, 1.54) is 18.3 Å². The van der Waals surface area contributed by atoms with E-state index in [1.807, 2.05) is 44.2 Å². The number of thiazole rings is 1. The number of fused-ring (bicyclic) bond motifs is 1. The zero-order valence-corrected chi connectivity index (χ0v) is 19.6. The molecular formula is C24H23ClN2O4S. The van der Waals surface area contributed by atoms with Crippen LogP contribution in [-0.2, 0) is 27.4 Å². The van der Waals surface area contributed by atoms with E-state index in [9.17, 15) is 9.59 Å². The number of rotatable bonds is 5. The monoisotopic (exact) mass is 470 g/mol. The lowest BCUT2D eigenvalue weighted by Gasteiger charge is -2.24. The molecule has 1 atom stereocenters. The first kappa shape index (κ1) is 22.3. The highest BCUT2D eigenvalue weighted by molar-refractivity contribution is 7.14. The lowest BCUT2D eigenvalue weighted by atomic mass is 9.97. The molecule has 1 amide bonds. The second kappa shape index (κ2) is 9.30. The zero-order chi connectivity index (χ0) is 22.8. The van der Waals surface area contributed by atoms with Gasteiger partial charge in [-0.25, -0.2) is 4.98 Å². The van der Waals surface area contributed by atoms with Crippen LogP contribution >= 0.6 is 22.9 Å². The van der Waals surface area contributed by atoms with Crippen LogP contribution in [-0.4, -0.2) is 23.5 Å². The quantitative estimate of drug-likeness (QED) is 0.467. The van der Waals surface area contributed by atoms with Crippen LogP contribution < -0.4 is 9.64 Å². The number of aromatic nitrogens is 1. The van der Waals surface area contributed by atoms with Gasteiger partial charge < -0.3 is 9.47 Å². The summed E-state index contributed by atoms with van der Waals surface area (Å²) in [7, 11) is 0. The number of benzene rings is 2. The van der Waals surface area contributed by atoms with Crippen molar-refractivity contribution in [2.45, 2.75) is 33.8 Å². The van der Waals surface area contributed by atoms with E-state index in [0.29, 0.717) is 22.3 Å². The lowest BCUT2D eigenvalue weighted by Crippen LogP contribution is -2.29. The van der Waals surface area contributed by atoms with Crippen LogP contribution in [0.5, 0.6) is 5.75 Å². The maximum Gasteiger partial charge on any atom is 0.313 e. The second-order valence-corrected chi connectivity index (χ2v) is 9.04. The molecule has 3 aromatic rings. The Hall–Kier alpha value is -2.90. The summed E-state index contributed by atoms with van der Waals surface area (Å²) in [5, 5.41) is 2.95. The summed E-state index contributed by atoms with van der Waals surface area (Å²) in [4.78, 5) is 31.1. The molecule has 2 aromatic carbocycles. The molecule has 1 aliphatic heterocycles. The molecule has 0 spiro atoms. The zero-order valence-electron chi connectivity index (χ0n) is 18.1. The van der Waals surface area contributed by atoms with E-state index in [1.54, 1.807) is 16.3 Å². The molecule has 1 unspecified atom stereocenters. The van der Waals surface area contributed by atoms with Crippen LogP contribution in [0.2, 0.25) is 5.02 Å². The van der Waals surface area contributed by atoms with Crippen molar-refractivity contribution in [1.29, 1.82) is 0 Å². The molecule has 0 bridgehead atoms. The van der Waals surface area contributed by atoms with Gasteiger partial charge in [0.1, 0.15) is 19.0 Å². The van der Waals surface area contributed by atoms with Crippen LogP contribution in [0.4, 0.5) is 10.8 Å². The second-order valence-electron chi connectivity index (χ2n) is 7.77. The number of ether oxygens (including phenoxy) is 2. The van der Waals surface area contributed by atoms with Crippen molar-refractivity contribution < 1.29 is 19.1 Å². The van der Waals surface area contributed by atoms with Crippen molar-refractivity contribution in [3.8, 4) is 5.75 Å². The minimum Gasteiger partial charge on any atom is -0.492 e. The molecule has 0 aliphatic carbocycles. The van der Waals surface area contributed by atoms with E-state index in [2.05, 4.69) is 4.98 Å². The Bertz CT molecular complexity index is 1180. The Labute approximate surface area is 195 Å². The molecule has 6 nitrogen and oxygen atoms in total. The predicted molar refractivity (Wildman–Crippen MR) is 125 cm³/mol. The highest BCUT2D eigenvalue weighted by Crippen LogP contribution is 2.33. The van der Waals surface area contributed by atoms with Crippen molar-refractivity contribution in [1.82, 2.24) is 4.98 Å². The van der Waals surface area contributed by atoms with Gasteiger partial charge in [0.15, 0.2) is 5.13 Å². The highest BCUT2D eigenvalue weighted by atomic mass is 35.5. The first-order valence-corrected chi connectivity index (χ1v) is 11.5. The van der Waals surface area contributed by atoms with Gasteiger partial charge in [0.2, 0.25) is 5.91 Å². The number of halogens is 1. The number of carbonyl (C=O) groups excluding carboxylic acids is 2. The van der Waals surface area contributed by atoms with Crippen LogP contribution in [0.25, 0.3) is 0 Å². The third-order valence-corrected chi connectivity index (χ3v) is 6.60. The fourth-order valence-electron chi connectivity index (χ4n) is 3.63. The number of aryl methyl sites for hydroxylation is 1. The summed E-state index contributed by atoms with van der Waals surface area (Å²) >= 11 is 7.39. The minimum atomic E-state index is -0.400. The molecule has 0 N–H and O–H groups in total. The molecule has 166 valence electrons. The van der Waals surface area contributed by atoms with Crippen LogP contribution in [0.15, 0.2) is 41.8 Å². The smallest absolute Gasteiger partial charge is 0.313 e. The molecule has 0 saturated carbocycles. The summed E-state index contributed by atoms with van der Waals surface area (Å²) in [6, 6.07) is 11.2. The van der Waals surface area contributed by atoms with Gasteiger partial charge in [0.05, 0.1) is 17.3 Å². The van der Waals surface area contributed by atoms with E-state index in [-0.39, 0.29) is 25.1 Å². The lowest BCUT2D eigenvalue weighted by molar-refractivity contribution is -0.151. The number of hydrogen-bond donors (Lipinski definition) is 0. The predicted octanol–water partition coefficient (Wildman–Crippen LogP) is 5.39. The fraction of sp³-hybridized carbons (Fsp3) is 0.292. The summed E-state index contributed by atoms with van der Waals surface area (Å²) in [5.41, 5.74) is 4.40. The number of anilines is 2. The molecule has 1 aromatic heterocycles. The van der Waals surface area contributed by atoms with Gasteiger partial charge in [-0.05, 0) is 61.2 Å². The molecule has 8 heteroatoms.